The topological polar surface area (TPSA) is 69.3 Å². The van der Waals surface area contributed by atoms with E-state index >= 15 is 0 Å². The van der Waals surface area contributed by atoms with Gasteiger partial charge in [-0.15, -0.1) is 0 Å². The minimum Gasteiger partial charge on any atom is -0.340 e. The van der Waals surface area contributed by atoms with Gasteiger partial charge in [0.15, 0.2) is 0 Å². The molecule has 1 saturated heterocycles. The maximum atomic E-state index is 12.9. The number of carbonyl (C=O) groups excluding carboxylic acids is 1. The van der Waals surface area contributed by atoms with Crippen molar-refractivity contribution < 1.29 is 18.0 Å². The molecule has 0 atom stereocenters. The summed E-state index contributed by atoms with van der Waals surface area (Å²) in [7, 11) is 0. The van der Waals surface area contributed by atoms with Gasteiger partial charge in [-0.05, 0) is 30.2 Å². The van der Waals surface area contributed by atoms with Crippen molar-refractivity contribution in [2.45, 2.75) is 25.7 Å². The van der Waals surface area contributed by atoms with Crippen molar-refractivity contribution in [2.75, 3.05) is 26.2 Å². The van der Waals surface area contributed by atoms with Crippen LogP contribution in [0.5, 0.6) is 0 Å². The molecule has 2 aromatic rings. The normalized spacial score (nSPS) is 15.5. The molecule has 0 radical (unpaired) electrons. The molecule has 6 nitrogen and oxygen atoms in total. The summed E-state index contributed by atoms with van der Waals surface area (Å²) in [6.45, 7) is 2.56. The van der Waals surface area contributed by atoms with Crippen molar-refractivity contribution in [3.8, 4) is 6.07 Å². The molecule has 158 valence electrons. The quantitative estimate of drug-likeness (QED) is 0.765. The molecule has 0 unspecified atom stereocenters. The highest BCUT2D eigenvalue weighted by atomic mass is 19.4. The van der Waals surface area contributed by atoms with Gasteiger partial charge in [0.1, 0.15) is 6.54 Å². The fourth-order valence-corrected chi connectivity index (χ4v) is 3.39. The van der Waals surface area contributed by atoms with E-state index in [4.69, 9.17) is 5.26 Å². The second-order valence-electron chi connectivity index (χ2n) is 7.20. The second kappa shape index (κ2) is 9.13. The maximum Gasteiger partial charge on any atom is 0.417 e. The van der Waals surface area contributed by atoms with Crippen molar-refractivity contribution in [2.24, 2.45) is 0 Å². The van der Waals surface area contributed by atoms with Gasteiger partial charge < -0.3 is 9.47 Å². The zero-order valence-electron chi connectivity index (χ0n) is 16.2. The van der Waals surface area contributed by atoms with Crippen LogP contribution in [0.2, 0.25) is 0 Å². The Labute approximate surface area is 171 Å². The lowest BCUT2D eigenvalue weighted by Gasteiger charge is -2.22. The van der Waals surface area contributed by atoms with Gasteiger partial charge in [-0.25, -0.2) is 0 Å². The summed E-state index contributed by atoms with van der Waals surface area (Å²) < 4.78 is 39.4. The maximum absolute atomic E-state index is 12.9. The summed E-state index contributed by atoms with van der Waals surface area (Å²) >= 11 is 0. The zero-order valence-corrected chi connectivity index (χ0v) is 16.2. The van der Waals surface area contributed by atoms with E-state index < -0.39 is 23.8 Å². The fourth-order valence-electron chi connectivity index (χ4n) is 3.39. The molecule has 0 aliphatic carbocycles. The first-order valence-electron chi connectivity index (χ1n) is 9.53. The summed E-state index contributed by atoms with van der Waals surface area (Å²) in [5.74, 6) is -0.378. The van der Waals surface area contributed by atoms with Gasteiger partial charge in [0.25, 0.3) is 5.56 Å². The van der Waals surface area contributed by atoms with E-state index in [9.17, 15) is 22.8 Å². The predicted molar refractivity (Wildman–Crippen MR) is 103 cm³/mol. The lowest BCUT2D eigenvalue weighted by atomic mass is 10.1. The van der Waals surface area contributed by atoms with Crippen LogP contribution < -0.4 is 5.56 Å². The Kier molecular flexibility index (Phi) is 6.57. The van der Waals surface area contributed by atoms with Gasteiger partial charge >= 0.3 is 6.18 Å². The van der Waals surface area contributed by atoms with Crippen molar-refractivity contribution in [3.63, 3.8) is 0 Å². The molecule has 0 bridgehead atoms. The first-order chi connectivity index (χ1) is 14.3. The fraction of sp³-hybridized carbons (Fsp3) is 0.381. The highest BCUT2D eigenvalue weighted by Gasteiger charge is 2.31. The van der Waals surface area contributed by atoms with Gasteiger partial charge in [0.05, 0.1) is 17.2 Å². The number of benzene rings is 1. The molecule has 2 heterocycles. The predicted octanol–water partition coefficient (Wildman–Crippen LogP) is 2.47. The summed E-state index contributed by atoms with van der Waals surface area (Å²) in [5, 5.41) is 8.87. The number of halogens is 3. The molecule has 0 N–H and O–H groups in total. The average Bonchev–Trinajstić information content (AvgIpc) is 2.95. The van der Waals surface area contributed by atoms with Crippen LogP contribution in [0.25, 0.3) is 0 Å². The Morgan fingerprint density at radius 2 is 1.77 bits per heavy atom. The number of carbonyl (C=O) groups is 1. The standard InChI is InChI=1S/C21H21F3N4O2/c22-21(23,24)18-6-7-19(29)28(14-18)15-20(30)27-9-1-8-26(10-11-27)13-17-4-2-16(12-25)3-5-17/h2-7,14H,1,8-11,13,15H2. The SMILES string of the molecule is N#Cc1ccc(CN2CCCN(C(=O)Cn3cc(C(F)(F)F)ccc3=O)CC2)cc1. The first-order valence-corrected chi connectivity index (χ1v) is 9.53. The molecular weight excluding hydrogens is 397 g/mol. The summed E-state index contributed by atoms with van der Waals surface area (Å²) in [6.07, 6.45) is -3.16. The van der Waals surface area contributed by atoms with Gasteiger partial charge in [-0.2, -0.15) is 18.4 Å². The summed E-state index contributed by atoms with van der Waals surface area (Å²) in [6, 6.07) is 10.9. The molecule has 1 fully saturated rings. The molecular formula is C21H21F3N4O2. The van der Waals surface area contributed by atoms with Crippen molar-refractivity contribution in [1.29, 1.82) is 5.26 Å². The molecule has 9 heteroatoms. The van der Waals surface area contributed by atoms with E-state index in [0.717, 1.165) is 35.2 Å². The average molecular weight is 418 g/mol. The van der Waals surface area contributed by atoms with Crippen LogP contribution >= 0.6 is 0 Å². The van der Waals surface area contributed by atoms with Crippen molar-refractivity contribution in [1.82, 2.24) is 14.4 Å². The molecule has 0 saturated carbocycles. The highest BCUT2D eigenvalue weighted by molar-refractivity contribution is 5.76. The minimum atomic E-state index is -4.58. The number of rotatable bonds is 4. The van der Waals surface area contributed by atoms with Crippen LogP contribution in [0, 0.1) is 11.3 Å². The third-order valence-electron chi connectivity index (χ3n) is 5.05. The number of alkyl halides is 3. The van der Waals surface area contributed by atoms with Crippen LogP contribution in [-0.2, 0) is 24.1 Å². The molecule has 1 aliphatic heterocycles. The summed E-state index contributed by atoms with van der Waals surface area (Å²) in [4.78, 5) is 28.3. The van der Waals surface area contributed by atoms with Gasteiger partial charge in [0, 0.05) is 45.0 Å². The molecule has 1 amide bonds. The number of hydrogen-bond acceptors (Lipinski definition) is 4. The molecule has 1 aromatic heterocycles. The third-order valence-corrected chi connectivity index (χ3v) is 5.05. The number of pyridine rings is 1. The van der Waals surface area contributed by atoms with E-state index in [1.165, 1.54) is 0 Å². The Morgan fingerprint density at radius 1 is 1.03 bits per heavy atom. The molecule has 3 rings (SSSR count). The van der Waals surface area contributed by atoms with E-state index in [0.29, 0.717) is 37.9 Å². The van der Waals surface area contributed by atoms with Gasteiger partial charge in [-0.1, -0.05) is 12.1 Å². The Morgan fingerprint density at radius 3 is 2.43 bits per heavy atom. The van der Waals surface area contributed by atoms with Crippen molar-refractivity contribution in [3.05, 3.63) is 69.6 Å². The van der Waals surface area contributed by atoms with Crippen molar-refractivity contribution >= 4 is 5.91 Å². The Balaban J connectivity index is 1.60. The number of nitriles is 1. The number of nitrogens with zero attached hydrogens (tertiary/aromatic N) is 4. The minimum absolute atomic E-state index is 0.378. The number of aromatic nitrogens is 1. The van der Waals surface area contributed by atoms with Crippen LogP contribution in [-0.4, -0.2) is 46.5 Å². The molecule has 30 heavy (non-hydrogen) atoms. The number of hydrogen-bond donors (Lipinski definition) is 0. The number of amides is 1. The van der Waals surface area contributed by atoms with Crippen LogP contribution in [0.1, 0.15) is 23.1 Å². The Hall–Kier alpha value is -3.12. The van der Waals surface area contributed by atoms with E-state index in [-0.39, 0.29) is 5.91 Å². The lowest BCUT2D eigenvalue weighted by Crippen LogP contribution is -2.39. The van der Waals surface area contributed by atoms with E-state index in [2.05, 4.69) is 11.0 Å². The van der Waals surface area contributed by atoms with Gasteiger partial charge in [0.2, 0.25) is 5.91 Å². The second-order valence-corrected chi connectivity index (χ2v) is 7.20. The monoisotopic (exact) mass is 418 g/mol. The molecule has 1 aliphatic rings. The molecule has 1 aromatic carbocycles. The zero-order chi connectivity index (χ0) is 21.7. The van der Waals surface area contributed by atoms with E-state index in [1.54, 1.807) is 17.0 Å². The van der Waals surface area contributed by atoms with Crippen LogP contribution in [0.4, 0.5) is 13.2 Å². The van der Waals surface area contributed by atoms with Gasteiger partial charge in [-0.3, -0.25) is 14.5 Å². The van der Waals surface area contributed by atoms with E-state index in [1.807, 2.05) is 12.1 Å². The Bertz CT molecular complexity index is 993. The van der Waals surface area contributed by atoms with Crippen LogP contribution in [0.15, 0.2) is 47.4 Å². The highest BCUT2D eigenvalue weighted by Crippen LogP contribution is 2.28. The first kappa shape index (κ1) is 21.6. The lowest BCUT2D eigenvalue weighted by molar-refractivity contribution is -0.138. The van der Waals surface area contributed by atoms with Crippen LogP contribution in [0.3, 0.4) is 0 Å². The molecule has 0 spiro atoms. The smallest absolute Gasteiger partial charge is 0.340 e. The largest absolute Gasteiger partial charge is 0.417 e. The third kappa shape index (κ3) is 5.48. The summed E-state index contributed by atoms with van der Waals surface area (Å²) in [5.41, 5.74) is 0.0495.